The molecule has 0 aromatic heterocycles. The first kappa shape index (κ1) is 10.8. The van der Waals surface area contributed by atoms with Crippen LogP contribution in [0.25, 0.3) is 5.73 Å². The van der Waals surface area contributed by atoms with Crippen LogP contribution in [0.2, 0.25) is 0 Å². The van der Waals surface area contributed by atoms with Crippen molar-refractivity contribution in [2.45, 2.75) is 12.8 Å². The number of hydrogen-bond acceptors (Lipinski definition) is 2. The molecule has 4 heteroatoms. The first-order valence-electron chi connectivity index (χ1n) is 2.12. The maximum Gasteiger partial charge on any atom is 2.00 e. The van der Waals surface area contributed by atoms with E-state index in [0.29, 0.717) is 6.42 Å². The molecule has 0 aromatic rings. The molecule has 0 fully saturated rings. The van der Waals surface area contributed by atoms with E-state index < -0.39 is 5.97 Å². The molecule has 0 saturated heterocycles. The van der Waals surface area contributed by atoms with Crippen LogP contribution >= 0.6 is 0 Å². The molecule has 0 amide bonds. The van der Waals surface area contributed by atoms with Gasteiger partial charge in [0.2, 0.25) is 0 Å². The molecular formula is C4H7MnNO2. The topological polar surface area (TPSA) is 63.9 Å². The van der Waals surface area contributed by atoms with E-state index in [1.54, 1.807) is 0 Å². The summed E-state index contributed by atoms with van der Waals surface area (Å²) in [4.78, 5) is 9.56. The molecule has 0 spiro atoms. The summed E-state index contributed by atoms with van der Waals surface area (Å²) in [6.45, 7) is 0.175. The first-order chi connectivity index (χ1) is 3.27. The predicted molar refractivity (Wildman–Crippen MR) is 23.4 cm³/mol. The third-order valence-electron chi connectivity index (χ3n) is 0.558. The number of carboxylic acid groups (broad SMARTS) is 1. The van der Waals surface area contributed by atoms with Crippen LogP contribution in [-0.4, -0.2) is 12.5 Å². The van der Waals surface area contributed by atoms with Gasteiger partial charge in [0.15, 0.2) is 0 Å². The Morgan fingerprint density at radius 3 is 2.25 bits per heavy atom. The summed E-state index contributed by atoms with van der Waals surface area (Å²) in [6.07, 6.45) is 0.422. The molecule has 0 aromatic carbocycles. The van der Waals surface area contributed by atoms with Crippen molar-refractivity contribution in [1.29, 1.82) is 0 Å². The Morgan fingerprint density at radius 2 is 2.12 bits per heavy atom. The van der Waals surface area contributed by atoms with Gasteiger partial charge in [-0.05, 0) is 6.42 Å². The molecule has 0 unspecified atom stereocenters. The van der Waals surface area contributed by atoms with Crippen molar-refractivity contribution in [3.63, 3.8) is 0 Å². The Kier molecular flexibility index (Phi) is 9.42. The fourth-order valence-electron chi connectivity index (χ4n) is 0.233. The fourth-order valence-corrected chi connectivity index (χ4v) is 0.233. The molecule has 0 bridgehead atoms. The summed E-state index contributed by atoms with van der Waals surface area (Å²) in [6, 6.07) is 0. The van der Waals surface area contributed by atoms with Crippen molar-refractivity contribution in [2.75, 3.05) is 6.54 Å². The van der Waals surface area contributed by atoms with Crippen LogP contribution in [0, 0.1) is 0 Å². The van der Waals surface area contributed by atoms with E-state index >= 15 is 0 Å². The Labute approximate surface area is 58.7 Å². The predicted octanol–water partition coefficient (Wildman–Crippen LogP) is -0.434. The van der Waals surface area contributed by atoms with E-state index in [2.05, 4.69) is 0 Å². The molecule has 0 heterocycles. The van der Waals surface area contributed by atoms with Crippen LogP contribution < -0.4 is 5.11 Å². The molecule has 3 nitrogen and oxygen atoms in total. The van der Waals surface area contributed by atoms with E-state index in [0.717, 1.165) is 0 Å². The second-order valence-corrected chi connectivity index (χ2v) is 1.23. The zero-order chi connectivity index (χ0) is 5.70. The SMILES string of the molecule is [Mn+2].[NH-]CCCC(=O)[O-]. The van der Waals surface area contributed by atoms with E-state index in [1.807, 2.05) is 0 Å². The zero-order valence-electron chi connectivity index (χ0n) is 4.32. The molecule has 1 N–H and O–H groups in total. The number of nitrogens with one attached hydrogen (secondary N) is 1. The minimum Gasteiger partial charge on any atom is -0.677 e. The van der Waals surface area contributed by atoms with Crippen molar-refractivity contribution in [2.24, 2.45) is 0 Å². The maximum absolute atomic E-state index is 9.56. The van der Waals surface area contributed by atoms with Crippen molar-refractivity contribution in [3.05, 3.63) is 5.73 Å². The molecule has 0 aliphatic carbocycles. The second-order valence-electron chi connectivity index (χ2n) is 1.23. The summed E-state index contributed by atoms with van der Waals surface area (Å²) in [5.41, 5.74) is 6.50. The number of rotatable bonds is 3. The van der Waals surface area contributed by atoms with Gasteiger partial charge in [0.25, 0.3) is 0 Å². The van der Waals surface area contributed by atoms with Gasteiger partial charge in [-0.1, -0.05) is 6.42 Å². The van der Waals surface area contributed by atoms with Crippen molar-refractivity contribution < 1.29 is 27.0 Å². The minimum absolute atomic E-state index is 0. The molecule has 1 radical (unpaired) electrons. The normalized spacial score (nSPS) is 7.62. The van der Waals surface area contributed by atoms with Crippen LogP contribution in [-0.2, 0) is 21.9 Å². The van der Waals surface area contributed by atoms with E-state index in [-0.39, 0.29) is 30.0 Å². The fraction of sp³-hybridized carbons (Fsp3) is 0.750. The van der Waals surface area contributed by atoms with Crippen molar-refractivity contribution in [3.8, 4) is 0 Å². The summed E-state index contributed by atoms with van der Waals surface area (Å²) in [5.74, 6) is -1.06. The van der Waals surface area contributed by atoms with E-state index in [9.17, 15) is 9.90 Å². The number of carbonyl (C=O) groups is 1. The molecule has 0 rings (SSSR count). The summed E-state index contributed by atoms with van der Waals surface area (Å²) >= 11 is 0. The summed E-state index contributed by atoms with van der Waals surface area (Å²) in [7, 11) is 0. The van der Waals surface area contributed by atoms with E-state index in [1.165, 1.54) is 0 Å². The Morgan fingerprint density at radius 1 is 1.62 bits per heavy atom. The minimum atomic E-state index is -1.06. The number of aliphatic carboxylic acids is 1. The quantitative estimate of drug-likeness (QED) is 0.520. The van der Waals surface area contributed by atoms with Gasteiger partial charge in [0.05, 0.1) is 0 Å². The van der Waals surface area contributed by atoms with Gasteiger partial charge in [-0.15, -0.1) is 0 Å². The smallest absolute Gasteiger partial charge is 0.677 e. The zero-order valence-corrected chi connectivity index (χ0v) is 5.50. The largest absolute Gasteiger partial charge is 2.00 e. The van der Waals surface area contributed by atoms with Crippen LogP contribution in [0.15, 0.2) is 0 Å². The molecule has 8 heavy (non-hydrogen) atoms. The van der Waals surface area contributed by atoms with Gasteiger partial charge < -0.3 is 15.6 Å². The number of hydrogen-bond donors (Lipinski definition) is 0. The Balaban J connectivity index is 0. The maximum atomic E-state index is 9.56. The van der Waals surface area contributed by atoms with Gasteiger partial charge in [-0.3, -0.25) is 0 Å². The van der Waals surface area contributed by atoms with Crippen LogP contribution in [0.5, 0.6) is 0 Å². The van der Waals surface area contributed by atoms with Crippen molar-refractivity contribution in [1.82, 2.24) is 0 Å². The molecule has 0 aliphatic heterocycles. The van der Waals surface area contributed by atoms with Gasteiger partial charge >= 0.3 is 17.1 Å². The molecule has 0 saturated carbocycles. The Hall–Kier alpha value is -0.0505. The van der Waals surface area contributed by atoms with Gasteiger partial charge in [-0.2, -0.15) is 6.54 Å². The number of carboxylic acids is 1. The van der Waals surface area contributed by atoms with Gasteiger partial charge in [-0.25, -0.2) is 0 Å². The van der Waals surface area contributed by atoms with Gasteiger partial charge in [0.1, 0.15) is 0 Å². The van der Waals surface area contributed by atoms with Crippen LogP contribution in [0.4, 0.5) is 0 Å². The molecule has 0 aliphatic rings. The molecular weight excluding hydrogens is 149 g/mol. The average molecular weight is 156 g/mol. The van der Waals surface area contributed by atoms with E-state index in [4.69, 9.17) is 5.73 Å². The van der Waals surface area contributed by atoms with Crippen molar-refractivity contribution >= 4 is 5.97 Å². The monoisotopic (exact) mass is 156 g/mol. The first-order valence-corrected chi connectivity index (χ1v) is 2.12. The molecule has 47 valence electrons. The summed E-state index contributed by atoms with van der Waals surface area (Å²) < 4.78 is 0. The van der Waals surface area contributed by atoms with Crippen LogP contribution in [0.1, 0.15) is 12.8 Å². The average Bonchev–Trinajstić information content (AvgIpc) is 1.61. The standard InChI is InChI=1S/C4H8NO2.Mn/c5-3-1-2-4(6)7;/h5H,1-3H2,(H,6,7);/q-1;+2/p-1. The summed E-state index contributed by atoms with van der Waals surface area (Å²) in [5, 5.41) is 9.56. The van der Waals surface area contributed by atoms with Gasteiger partial charge in [0, 0.05) is 5.97 Å². The Bertz CT molecular complexity index is 67.1. The number of carbonyl (C=O) groups excluding carboxylic acids is 1. The molecule has 0 atom stereocenters. The third kappa shape index (κ3) is 9.34. The van der Waals surface area contributed by atoms with Crippen LogP contribution in [0.3, 0.4) is 0 Å². The third-order valence-corrected chi connectivity index (χ3v) is 0.558. The second kappa shape index (κ2) is 6.95.